The van der Waals surface area contributed by atoms with Crippen LogP contribution < -0.4 is 4.90 Å². The van der Waals surface area contributed by atoms with E-state index in [1.165, 1.54) is 17.4 Å². The van der Waals surface area contributed by atoms with Crippen molar-refractivity contribution in [3.8, 4) is 0 Å². The van der Waals surface area contributed by atoms with Crippen molar-refractivity contribution in [1.82, 2.24) is 4.98 Å². The quantitative estimate of drug-likeness (QED) is 0.855. The van der Waals surface area contributed by atoms with Gasteiger partial charge in [-0.3, -0.25) is 9.69 Å². The number of amides is 1. The molecule has 122 valence electrons. The number of para-hydroxylation sites is 1. The van der Waals surface area contributed by atoms with E-state index in [2.05, 4.69) is 4.98 Å². The Morgan fingerprint density at radius 2 is 2.22 bits per heavy atom. The SMILES string of the molecule is O=C(C1CCC1)N(C[C@@H]1CCCO1)c1nc2c(F)cccc2s1. The summed E-state index contributed by atoms with van der Waals surface area (Å²) in [4.78, 5) is 19.0. The molecule has 0 spiro atoms. The number of hydrogen-bond donors (Lipinski definition) is 0. The first-order valence-corrected chi connectivity index (χ1v) is 9.02. The molecule has 4 rings (SSSR count). The lowest BCUT2D eigenvalue weighted by atomic mass is 9.84. The Labute approximate surface area is 138 Å². The van der Waals surface area contributed by atoms with Gasteiger partial charge in [0, 0.05) is 12.5 Å². The largest absolute Gasteiger partial charge is 0.376 e. The molecule has 1 amide bonds. The molecule has 2 heterocycles. The summed E-state index contributed by atoms with van der Waals surface area (Å²) in [5.74, 6) is -0.127. The minimum absolute atomic E-state index is 0.0656. The number of nitrogens with zero attached hydrogens (tertiary/aromatic N) is 2. The van der Waals surface area contributed by atoms with Gasteiger partial charge in [-0.25, -0.2) is 9.37 Å². The molecule has 1 atom stereocenters. The third-order valence-corrected chi connectivity index (χ3v) is 5.76. The van der Waals surface area contributed by atoms with Crippen LogP contribution in [0.2, 0.25) is 0 Å². The van der Waals surface area contributed by atoms with E-state index in [1.54, 1.807) is 11.0 Å². The normalized spacial score (nSPS) is 21.5. The molecule has 0 unspecified atom stereocenters. The first-order chi connectivity index (χ1) is 11.2. The van der Waals surface area contributed by atoms with Gasteiger partial charge in [0.2, 0.25) is 5.91 Å². The van der Waals surface area contributed by atoms with Crippen LogP contribution in [0, 0.1) is 11.7 Å². The molecule has 1 saturated heterocycles. The first-order valence-electron chi connectivity index (χ1n) is 8.20. The van der Waals surface area contributed by atoms with Gasteiger partial charge in [-0.1, -0.05) is 23.8 Å². The number of benzene rings is 1. The molecule has 6 heteroatoms. The molecule has 0 N–H and O–H groups in total. The van der Waals surface area contributed by atoms with E-state index in [-0.39, 0.29) is 23.7 Å². The van der Waals surface area contributed by atoms with Crippen molar-refractivity contribution in [3.05, 3.63) is 24.0 Å². The van der Waals surface area contributed by atoms with E-state index in [0.717, 1.165) is 43.4 Å². The molecule has 1 aliphatic carbocycles. The Morgan fingerprint density at radius 1 is 1.35 bits per heavy atom. The molecule has 0 radical (unpaired) electrons. The lowest BCUT2D eigenvalue weighted by Crippen LogP contribution is -2.43. The van der Waals surface area contributed by atoms with E-state index in [9.17, 15) is 9.18 Å². The Morgan fingerprint density at radius 3 is 2.87 bits per heavy atom. The van der Waals surface area contributed by atoms with Gasteiger partial charge < -0.3 is 4.74 Å². The predicted octanol–water partition coefficient (Wildman–Crippen LogP) is 3.75. The highest BCUT2D eigenvalue weighted by Crippen LogP contribution is 2.35. The van der Waals surface area contributed by atoms with E-state index < -0.39 is 0 Å². The fraction of sp³-hybridized carbons (Fsp3) is 0.529. The van der Waals surface area contributed by atoms with Gasteiger partial charge in [0.05, 0.1) is 17.3 Å². The van der Waals surface area contributed by atoms with Crippen molar-refractivity contribution in [2.75, 3.05) is 18.1 Å². The molecule has 2 aliphatic rings. The van der Waals surface area contributed by atoms with Crippen LogP contribution in [0.5, 0.6) is 0 Å². The van der Waals surface area contributed by atoms with Crippen LogP contribution in [0.25, 0.3) is 10.2 Å². The van der Waals surface area contributed by atoms with E-state index >= 15 is 0 Å². The van der Waals surface area contributed by atoms with Crippen LogP contribution in [-0.4, -0.2) is 30.1 Å². The zero-order chi connectivity index (χ0) is 15.8. The number of aromatic nitrogens is 1. The fourth-order valence-electron chi connectivity index (χ4n) is 3.15. The molecule has 23 heavy (non-hydrogen) atoms. The number of carbonyl (C=O) groups is 1. The van der Waals surface area contributed by atoms with Crippen molar-refractivity contribution in [1.29, 1.82) is 0 Å². The average Bonchev–Trinajstić information content (AvgIpc) is 3.12. The maximum absolute atomic E-state index is 13.9. The molecule has 4 nitrogen and oxygen atoms in total. The summed E-state index contributed by atoms with van der Waals surface area (Å²) >= 11 is 1.38. The lowest BCUT2D eigenvalue weighted by Gasteiger charge is -2.31. The molecule has 1 aromatic heterocycles. The number of rotatable bonds is 4. The summed E-state index contributed by atoms with van der Waals surface area (Å²) in [7, 11) is 0. The second-order valence-electron chi connectivity index (χ2n) is 6.29. The van der Waals surface area contributed by atoms with E-state index in [4.69, 9.17) is 4.74 Å². The topological polar surface area (TPSA) is 42.4 Å². The number of hydrogen-bond acceptors (Lipinski definition) is 4. The van der Waals surface area contributed by atoms with Crippen LogP contribution in [0.4, 0.5) is 9.52 Å². The van der Waals surface area contributed by atoms with E-state index in [0.29, 0.717) is 17.2 Å². The summed E-state index contributed by atoms with van der Waals surface area (Å²) in [6.07, 6.45) is 5.06. The predicted molar refractivity (Wildman–Crippen MR) is 88.2 cm³/mol. The van der Waals surface area contributed by atoms with Gasteiger partial charge >= 0.3 is 0 Å². The smallest absolute Gasteiger partial charge is 0.231 e. The van der Waals surface area contributed by atoms with Crippen molar-refractivity contribution >= 4 is 32.6 Å². The number of fused-ring (bicyclic) bond motifs is 1. The minimum atomic E-state index is -0.335. The fourth-order valence-corrected chi connectivity index (χ4v) is 4.14. The Kier molecular flexibility index (Phi) is 4.03. The Balaban J connectivity index is 1.66. The summed E-state index contributed by atoms with van der Waals surface area (Å²) in [6.45, 7) is 1.28. The van der Waals surface area contributed by atoms with Crippen molar-refractivity contribution in [2.45, 2.75) is 38.2 Å². The highest BCUT2D eigenvalue weighted by Gasteiger charge is 2.33. The molecule has 1 aliphatic heterocycles. The van der Waals surface area contributed by atoms with E-state index in [1.807, 2.05) is 6.07 Å². The third kappa shape index (κ3) is 2.85. The number of carbonyl (C=O) groups excluding carboxylic acids is 1. The second-order valence-corrected chi connectivity index (χ2v) is 7.30. The van der Waals surface area contributed by atoms with Crippen LogP contribution in [-0.2, 0) is 9.53 Å². The second kappa shape index (κ2) is 6.17. The van der Waals surface area contributed by atoms with Crippen LogP contribution in [0.1, 0.15) is 32.1 Å². The highest BCUT2D eigenvalue weighted by atomic mass is 32.1. The maximum Gasteiger partial charge on any atom is 0.231 e. The summed E-state index contributed by atoms with van der Waals surface area (Å²) in [5, 5.41) is 0.595. The molecule has 2 aromatic rings. The average molecular weight is 334 g/mol. The van der Waals surface area contributed by atoms with Crippen molar-refractivity contribution < 1.29 is 13.9 Å². The van der Waals surface area contributed by atoms with Gasteiger partial charge in [-0.05, 0) is 37.8 Å². The van der Waals surface area contributed by atoms with Gasteiger partial charge in [0.15, 0.2) is 5.13 Å². The Bertz CT molecular complexity index is 722. The van der Waals surface area contributed by atoms with Gasteiger partial charge in [0.1, 0.15) is 11.3 Å². The summed E-state index contributed by atoms with van der Waals surface area (Å²) in [5.41, 5.74) is 0.353. The third-order valence-electron chi connectivity index (χ3n) is 4.72. The Hall–Kier alpha value is -1.53. The minimum Gasteiger partial charge on any atom is -0.376 e. The van der Waals surface area contributed by atoms with Gasteiger partial charge in [0.25, 0.3) is 0 Å². The maximum atomic E-state index is 13.9. The molecular weight excluding hydrogens is 315 g/mol. The van der Waals surface area contributed by atoms with Gasteiger partial charge in [-0.15, -0.1) is 0 Å². The number of halogens is 1. The molecular formula is C17H19FN2O2S. The zero-order valence-electron chi connectivity index (χ0n) is 12.8. The summed E-state index contributed by atoms with van der Waals surface area (Å²) < 4.78 is 20.4. The number of anilines is 1. The zero-order valence-corrected chi connectivity index (χ0v) is 13.7. The molecule has 2 fully saturated rings. The standard InChI is InChI=1S/C17H19FN2O2S/c18-13-7-2-8-14-15(13)19-17(23-14)20(10-12-6-3-9-22-12)16(21)11-4-1-5-11/h2,7-8,11-12H,1,3-6,9-10H2/t12-/m0/s1. The number of ether oxygens (including phenoxy) is 1. The molecule has 1 aromatic carbocycles. The highest BCUT2D eigenvalue weighted by molar-refractivity contribution is 7.22. The van der Waals surface area contributed by atoms with Crippen LogP contribution in [0.15, 0.2) is 18.2 Å². The monoisotopic (exact) mass is 334 g/mol. The molecule has 1 saturated carbocycles. The lowest BCUT2D eigenvalue weighted by molar-refractivity contribution is -0.125. The molecule has 0 bridgehead atoms. The van der Waals surface area contributed by atoms with Crippen molar-refractivity contribution in [3.63, 3.8) is 0 Å². The van der Waals surface area contributed by atoms with Crippen LogP contribution >= 0.6 is 11.3 Å². The first kappa shape index (κ1) is 15.0. The number of thiazole rings is 1. The van der Waals surface area contributed by atoms with Crippen LogP contribution in [0.3, 0.4) is 0 Å². The summed E-state index contributed by atoms with van der Waals surface area (Å²) in [6, 6.07) is 4.93. The van der Waals surface area contributed by atoms with Crippen molar-refractivity contribution in [2.24, 2.45) is 5.92 Å². The van der Waals surface area contributed by atoms with Gasteiger partial charge in [-0.2, -0.15) is 0 Å².